The molecule has 0 aliphatic carbocycles. The Labute approximate surface area is 151 Å². The lowest BCUT2D eigenvalue weighted by Crippen LogP contribution is -2.30. The molecule has 1 heterocycles. The Hall–Kier alpha value is -3.41. The summed E-state index contributed by atoms with van der Waals surface area (Å²) in [6, 6.07) is 16.5. The third kappa shape index (κ3) is 4.57. The van der Waals surface area contributed by atoms with Crippen LogP contribution in [-0.2, 0) is 6.42 Å². The first-order chi connectivity index (χ1) is 12.6. The molecule has 0 bridgehead atoms. The third-order valence-electron chi connectivity index (χ3n) is 3.89. The molecule has 0 saturated carbocycles. The number of H-pyrrole nitrogens is 1. The van der Waals surface area contributed by atoms with Gasteiger partial charge in [0.1, 0.15) is 5.82 Å². The molecular formula is C20H20N4O2. The van der Waals surface area contributed by atoms with Crippen molar-refractivity contribution in [1.29, 1.82) is 0 Å². The van der Waals surface area contributed by atoms with Gasteiger partial charge in [0.15, 0.2) is 5.78 Å². The average molecular weight is 348 g/mol. The van der Waals surface area contributed by atoms with Crippen LogP contribution in [0.2, 0.25) is 0 Å². The highest BCUT2D eigenvalue weighted by atomic mass is 16.2. The number of anilines is 1. The molecule has 0 radical (unpaired) electrons. The van der Waals surface area contributed by atoms with Crippen LogP contribution in [0.1, 0.15) is 23.1 Å². The SMILES string of the molecule is CC(=O)c1cccc(NC(=O)NCCc2ncc(-c3ccccc3)[nH]2)c1. The van der Waals surface area contributed by atoms with E-state index in [1.165, 1.54) is 6.92 Å². The number of urea groups is 1. The van der Waals surface area contributed by atoms with Crippen molar-refractivity contribution in [1.82, 2.24) is 15.3 Å². The fraction of sp³-hybridized carbons (Fsp3) is 0.150. The molecule has 1 aromatic heterocycles. The summed E-state index contributed by atoms with van der Waals surface area (Å²) >= 11 is 0. The Morgan fingerprint density at radius 3 is 2.65 bits per heavy atom. The number of carbonyl (C=O) groups excluding carboxylic acids is 2. The standard InChI is InChI=1S/C20H20N4O2/c1-14(25)16-8-5-9-17(12-16)23-20(26)21-11-10-19-22-13-18(24-19)15-6-3-2-4-7-15/h2-9,12-13H,10-11H2,1H3,(H,22,24)(H2,21,23,26). The van der Waals surface area contributed by atoms with Gasteiger partial charge in [-0.05, 0) is 24.6 Å². The molecule has 3 N–H and O–H groups in total. The number of amides is 2. The minimum atomic E-state index is -0.319. The first-order valence-electron chi connectivity index (χ1n) is 8.37. The number of aromatic nitrogens is 2. The molecule has 0 fully saturated rings. The summed E-state index contributed by atoms with van der Waals surface area (Å²) < 4.78 is 0. The molecule has 6 nitrogen and oxygen atoms in total. The van der Waals surface area contributed by atoms with Gasteiger partial charge in [0.05, 0.1) is 11.9 Å². The van der Waals surface area contributed by atoms with E-state index in [1.807, 2.05) is 30.3 Å². The first-order valence-corrected chi connectivity index (χ1v) is 8.37. The fourth-order valence-electron chi connectivity index (χ4n) is 2.54. The summed E-state index contributed by atoms with van der Waals surface area (Å²) in [5.41, 5.74) is 3.17. The van der Waals surface area contributed by atoms with E-state index in [4.69, 9.17) is 0 Å². The van der Waals surface area contributed by atoms with Crippen LogP contribution < -0.4 is 10.6 Å². The van der Waals surface area contributed by atoms with Gasteiger partial charge in [-0.1, -0.05) is 42.5 Å². The van der Waals surface area contributed by atoms with Crippen molar-refractivity contribution < 1.29 is 9.59 Å². The van der Waals surface area contributed by atoms with Crippen molar-refractivity contribution in [3.63, 3.8) is 0 Å². The second-order valence-corrected chi connectivity index (χ2v) is 5.88. The van der Waals surface area contributed by atoms with Crippen LogP contribution in [-0.4, -0.2) is 28.3 Å². The Kier molecular flexibility index (Phi) is 5.43. The lowest BCUT2D eigenvalue weighted by Gasteiger charge is -2.07. The second kappa shape index (κ2) is 8.11. The van der Waals surface area contributed by atoms with E-state index >= 15 is 0 Å². The number of Topliss-reactive ketones (excluding diaryl/α,β-unsaturated/α-hetero) is 1. The third-order valence-corrected chi connectivity index (χ3v) is 3.89. The van der Waals surface area contributed by atoms with Crippen LogP contribution in [0.3, 0.4) is 0 Å². The topological polar surface area (TPSA) is 86.9 Å². The van der Waals surface area contributed by atoms with Crippen molar-refractivity contribution in [2.24, 2.45) is 0 Å². The number of benzene rings is 2. The van der Waals surface area contributed by atoms with Gasteiger partial charge in [-0.25, -0.2) is 9.78 Å². The number of aromatic amines is 1. The van der Waals surface area contributed by atoms with Gasteiger partial charge >= 0.3 is 6.03 Å². The lowest BCUT2D eigenvalue weighted by atomic mass is 10.1. The maximum atomic E-state index is 12.0. The predicted molar refractivity (Wildman–Crippen MR) is 101 cm³/mol. The summed E-state index contributed by atoms with van der Waals surface area (Å²) in [6.45, 7) is 1.94. The summed E-state index contributed by atoms with van der Waals surface area (Å²) in [7, 11) is 0. The number of carbonyl (C=O) groups is 2. The molecule has 3 aromatic rings. The van der Waals surface area contributed by atoms with Gasteiger partial charge in [0.2, 0.25) is 0 Å². The van der Waals surface area contributed by atoms with Crippen molar-refractivity contribution in [3.05, 3.63) is 72.2 Å². The monoisotopic (exact) mass is 348 g/mol. The van der Waals surface area contributed by atoms with Gasteiger partial charge in [-0.3, -0.25) is 4.79 Å². The maximum Gasteiger partial charge on any atom is 0.319 e. The number of hydrogen-bond donors (Lipinski definition) is 3. The second-order valence-electron chi connectivity index (χ2n) is 5.88. The van der Waals surface area contributed by atoms with Crippen LogP contribution in [0.25, 0.3) is 11.3 Å². The van der Waals surface area contributed by atoms with Crippen LogP contribution in [0.15, 0.2) is 60.8 Å². The molecule has 0 saturated heterocycles. The highest BCUT2D eigenvalue weighted by Gasteiger charge is 2.06. The molecule has 2 aromatic carbocycles. The van der Waals surface area contributed by atoms with Gasteiger partial charge < -0.3 is 15.6 Å². The van der Waals surface area contributed by atoms with E-state index < -0.39 is 0 Å². The average Bonchev–Trinajstić information content (AvgIpc) is 3.11. The molecular weight excluding hydrogens is 328 g/mol. The number of rotatable bonds is 6. The molecule has 26 heavy (non-hydrogen) atoms. The van der Waals surface area contributed by atoms with Crippen LogP contribution >= 0.6 is 0 Å². The van der Waals surface area contributed by atoms with Crippen molar-refractivity contribution in [2.45, 2.75) is 13.3 Å². The Morgan fingerprint density at radius 1 is 1.08 bits per heavy atom. The minimum absolute atomic E-state index is 0.0407. The van der Waals surface area contributed by atoms with Gasteiger partial charge in [0, 0.05) is 24.2 Å². The molecule has 132 valence electrons. The molecule has 0 aliphatic rings. The highest BCUT2D eigenvalue weighted by Crippen LogP contribution is 2.16. The van der Waals surface area contributed by atoms with Gasteiger partial charge in [-0.15, -0.1) is 0 Å². The normalized spacial score (nSPS) is 10.3. The minimum Gasteiger partial charge on any atom is -0.342 e. The number of ketones is 1. The number of hydrogen-bond acceptors (Lipinski definition) is 3. The molecule has 6 heteroatoms. The quantitative estimate of drug-likeness (QED) is 0.594. The van der Waals surface area contributed by atoms with Gasteiger partial charge in [0.25, 0.3) is 0 Å². The van der Waals surface area contributed by atoms with E-state index in [0.717, 1.165) is 17.1 Å². The zero-order valence-corrected chi connectivity index (χ0v) is 14.5. The lowest BCUT2D eigenvalue weighted by molar-refractivity contribution is 0.101. The molecule has 0 aliphatic heterocycles. The van der Waals surface area contributed by atoms with Crippen molar-refractivity contribution in [2.75, 3.05) is 11.9 Å². The summed E-state index contributed by atoms with van der Waals surface area (Å²) in [5.74, 6) is 0.767. The molecule has 0 spiro atoms. The Balaban J connectivity index is 1.49. The summed E-state index contributed by atoms with van der Waals surface area (Å²) in [4.78, 5) is 30.9. The van der Waals surface area contributed by atoms with E-state index in [2.05, 4.69) is 20.6 Å². The largest absolute Gasteiger partial charge is 0.342 e. The van der Waals surface area contributed by atoms with E-state index in [9.17, 15) is 9.59 Å². The summed E-state index contributed by atoms with van der Waals surface area (Å²) in [6.07, 6.45) is 2.38. The number of imidazole rings is 1. The fourth-order valence-corrected chi connectivity index (χ4v) is 2.54. The van der Waals surface area contributed by atoms with E-state index in [1.54, 1.807) is 30.5 Å². The van der Waals surface area contributed by atoms with Crippen LogP contribution in [0, 0.1) is 0 Å². The van der Waals surface area contributed by atoms with Crippen LogP contribution in [0.4, 0.5) is 10.5 Å². The number of nitrogens with one attached hydrogen (secondary N) is 3. The van der Waals surface area contributed by atoms with Crippen molar-refractivity contribution in [3.8, 4) is 11.3 Å². The zero-order chi connectivity index (χ0) is 18.4. The Bertz CT molecular complexity index is 903. The van der Waals surface area contributed by atoms with E-state index in [0.29, 0.717) is 24.2 Å². The van der Waals surface area contributed by atoms with E-state index in [-0.39, 0.29) is 11.8 Å². The summed E-state index contributed by atoms with van der Waals surface area (Å²) in [5, 5.41) is 5.50. The molecule has 2 amide bonds. The highest BCUT2D eigenvalue weighted by molar-refractivity contribution is 5.96. The molecule has 3 rings (SSSR count). The molecule has 0 unspecified atom stereocenters. The smallest absolute Gasteiger partial charge is 0.319 e. The van der Waals surface area contributed by atoms with Crippen molar-refractivity contribution >= 4 is 17.5 Å². The predicted octanol–water partition coefficient (Wildman–Crippen LogP) is 3.64. The Morgan fingerprint density at radius 2 is 1.88 bits per heavy atom. The molecule has 0 atom stereocenters. The van der Waals surface area contributed by atoms with Crippen LogP contribution in [0.5, 0.6) is 0 Å². The first kappa shape index (κ1) is 17.4. The zero-order valence-electron chi connectivity index (χ0n) is 14.5. The maximum absolute atomic E-state index is 12.0. The number of nitrogens with zero attached hydrogens (tertiary/aromatic N) is 1. The van der Waals surface area contributed by atoms with Gasteiger partial charge in [-0.2, -0.15) is 0 Å².